The Morgan fingerprint density at radius 2 is 1.87 bits per heavy atom. The number of hydrogen-bond donors (Lipinski definition) is 0. The number of nitrogens with zero attached hydrogens (tertiary/aromatic N) is 1. The Kier molecular flexibility index (Phi) is 6.78. The van der Waals surface area contributed by atoms with Crippen LogP contribution in [0.3, 0.4) is 0 Å². The van der Waals surface area contributed by atoms with Crippen molar-refractivity contribution in [3.05, 3.63) is 52.6 Å². The number of pyridine rings is 1. The second-order valence-electron chi connectivity index (χ2n) is 4.67. The van der Waals surface area contributed by atoms with Crippen molar-refractivity contribution in [1.29, 1.82) is 0 Å². The standard InChI is InChI=1S/C16H19BrNO4P/c1-3-20-23(19,21-4-2)12-13-6-5-7-15(10-13)22-16-11-14(17)8-9-18-16/h5-11H,3-4,12H2,1-2H3. The molecule has 23 heavy (non-hydrogen) atoms. The minimum Gasteiger partial charge on any atom is -0.439 e. The summed E-state index contributed by atoms with van der Waals surface area (Å²) in [6, 6.07) is 10.9. The number of benzene rings is 1. The Balaban J connectivity index is 2.14. The Morgan fingerprint density at radius 3 is 2.52 bits per heavy atom. The molecule has 5 nitrogen and oxygen atoms in total. The van der Waals surface area contributed by atoms with Crippen molar-refractivity contribution in [2.24, 2.45) is 0 Å². The van der Waals surface area contributed by atoms with E-state index >= 15 is 0 Å². The summed E-state index contributed by atoms with van der Waals surface area (Å²) in [7, 11) is -3.13. The van der Waals surface area contributed by atoms with Crippen molar-refractivity contribution < 1.29 is 18.3 Å². The maximum absolute atomic E-state index is 12.6. The summed E-state index contributed by atoms with van der Waals surface area (Å²) in [6.07, 6.45) is 1.86. The van der Waals surface area contributed by atoms with E-state index in [0.717, 1.165) is 10.0 Å². The highest BCUT2D eigenvalue weighted by Crippen LogP contribution is 2.51. The van der Waals surface area contributed by atoms with Crippen molar-refractivity contribution in [1.82, 2.24) is 4.98 Å². The van der Waals surface area contributed by atoms with Crippen LogP contribution >= 0.6 is 23.5 Å². The molecule has 0 radical (unpaired) electrons. The second-order valence-corrected chi connectivity index (χ2v) is 7.64. The summed E-state index contributed by atoms with van der Waals surface area (Å²) in [5, 5.41) is 0. The van der Waals surface area contributed by atoms with Gasteiger partial charge in [0.05, 0.1) is 19.4 Å². The van der Waals surface area contributed by atoms with Crippen LogP contribution in [0.4, 0.5) is 0 Å². The van der Waals surface area contributed by atoms with Crippen LogP contribution in [0.15, 0.2) is 47.1 Å². The van der Waals surface area contributed by atoms with Crippen molar-refractivity contribution in [2.45, 2.75) is 20.0 Å². The van der Waals surface area contributed by atoms with Gasteiger partial charge in [-0.05, 0) is 37.6 Å². The molecule has 0 spiro atoms. The first-order valence-electron chi connectivity index (χ1n) is 7.31. The lowest BCUT2D eigenvalue weighted by Gasteiger charge is -2.17. The lowest BCUT2D eigenvalue weighted by molar-refractivity contribution is 0.219. The molecule has 1 aromatic heterocycles. The number of halogens is 1. The molecule has 2 rings (SSSR count). The zero-order valence-electron chi connectivity index (χ0n) is 13.1. The van der Waals surface area contributed by atoms with Crippen LogP contribution in [0.2, 0.25) is 0 Å². The van der Waals surface area contributed by atoms with Gasteiger partial charge in [-0.2, -0.15) is 0 Å². The zero-order valence-corrected chi connectivity index (χ0v) is 15.5. The van der Waals surface area contributed by atoms with Crippen molar-refractivity contribution in [3.63, 3.8) is 0 Å². The maximum Gasteiger partial charge on any atom is 0.335 e. The molecule has 0 aliphatic rings. The molecule has 0 aliphatic carbocycles. The van der Waals surface area contributed by atoms with E-state index in [9.17, 15) is 4.57 Å². The molecule has 0 saturated heterocycles. The highest BCUT2D eigenvalue weighted by Gasteiger charge is 2.24. The van der Waals surface area contributed by atoms with E-state index < -0.39 is 7.60 Å². The van der Waals surface area contributed by atoms with Gasteiger partial charge in [0, 0.05) is 16.7 Å². The van der Waals surface area contributed by atoms with Gasteiger partial charge in [-0.1, -0.05) is 28.1 Å². The van der Waals surface area contributed by atoms with E-state index in [4.69, 9.17) is 13.8 Å². The van der Waals surface area contributed by atoms with Gasteiger partial charge < -0.3 is 13.8 Å². The third-order valence-electron chi connectivity index (χ3n) is 2.85. The Hall–Kier alpha value is -1.20. The predicted octanol–water partition coefficient (Wildman–Crippen LogP) is 5.40. The summed E-state index contributed by atoms with van der Waals surface area (Å²) in [5.41, 5.74) is 0.822. The largest absolute Gasteiger partial charge is 0.439 e. The number of rotatable bonds is 8. The Labute approximate surface area is 144 Å². The monoisotopic (exact) mass is 399 g/mol. The van der Waals surface area contributed by atoms with Gasteiger partial charge >= 0.3 is 7.60 Å². The fourth-order valence-electron chi connectivity index (χ4n) is 2.01. The smallest absolute Gasteiger partial charge is 0.335 e. The van der Waals surface area contributed by atoms with E-state index in [1.807, 2.05) is 30.3 Å². The fraction of sp³-hybridized carbons (Fsp3) is 0.312. The number of ether oxygens (including phenoxy) is 1. The first kappa shape index (κ1) is 18.1. The first-order valence-corrected chi connectivity index (χ1v) is 9.83. The molecular formula is C16H19BrNO4P. The van der Waals surface area contributed by atoms with Gasteiger partial charge in [-0.25, -0.2) is 4.98 Å². The van der Waals surface area contributed by atoms with Crippen molar-refractivity contribution in [2.75, 3.05) is 13.2 Å². The summed E-state index contributed by atoms with van der Waals surface area (Å²) in [5.74, 6) is 1.10. The molecule has 0 aliphatic heterocycles. The number of aromatic nitrogens is 1. The lowest BCUT2D eigenvalue weighted by Crippen LogP contribution is -1.99. The third-order valence-corrected chi connectivity index (χ3v) is 5.39. The van der Waals surface area contributed by atoms with Crippen LogP contribution in [0, 0.1) is 0 Å². The van der Waals surface area contributed by atoms with Crippen LogP contribution in [-0.4, -0.2) is 18.2 Å². The summed E-state index contributed by atoms with van der Waals surface area (Å²) < 4.78 is 29.8. The highest BCUT2D eigenvalue weighted by atomic mass is 79.9. The van der Waals surface area contributed by atoms with Crippen LogP contribution in [0.1, 0.15) is 19.4 Å². The van der Waals surface area contributed by atoms with E-state index in [1.54, 1.807) is 26.1 Å². The van der Waals surface area contributed by atoms with E-state index in [1.165, 1.54) is 0 Å². The summed E-state index contributed by atoms with van der Waals surface area (Å²) in [4.78, 5) is 4.14. The molecule has 124 valence electrons. The van der Waals surface area contributed by atoms with Crippen LogP contribution in [-0.2, 0) is 19.8 Å². The van der Waals surface area contributed by atoms with E-state index in [2.05, 4.69) is 20.9 Å². The van der Waals surface area contributed by atoms with Gasteiger partial charge in [-0.3, -0.25) is 4.57 Å². The van der Waals surface area contributed by atoms with Gasteiger partial charge in [0.25, 0.3) is 0 Å². The molecule has 0 fully saturated rings. The molecule has 7 heteroatoms. The normalized spacial score (nSPS) is 11.4. The molecule has 1 heterocycles. The third kappa shape index (κ3) is 5.74. The molecule has 1 aromatic carbocycles. The van der Waals surface area contributed by atoms with Crippen molar-refractivity contribution >= 4 is 23.5 Å². The molecule has 0 saturated carbocycles. The lowest BCUT2D eigenvalue weighted by atomic mass is 10.2. The SMILES string of the molecule is CCOP(=O)(Cc1cccc(Oc2cc(Br)ccn2)c1)OCC. The molecule has 0 unspecified atom stereocenters. The quantitative estimate of drug-likeness (QED) is 0.555. The van der Waals surface area contributed by atoms with Crippen molar-refractivity contribution in [3.8, 4) is 11.6 Å². The topological polar surface area (TPSA) is 57.7 Å². The van der Waals surface area contributed by atoms with Gasteiger partial charge in [-0.15, -0.1) is 0 Å². The average Bonchev–Trinajstić information content (AvgIpc) is 2.47. The van der Waals surface area contributed by atoms with Crippen LogP contribution in [0.5, 0.6) is 11.6 Å². The minimum absolute atomic E-state index is 0.206. The zero-order chi connectivity index (χ0) is 16.7. The van der Waals surface area contributed by atoms with Crippen LogP contribution < -0.4 is 4.74 Å². The minimum atomic E-state index is -3.13. The molecule has 0 amide bonds. The predicted molar refractivity (Wildman–Crippen MR) is 93.0 cm³/mol. The second kappa shape index (κ2) is 8.60. The molecule has 0 bridgehead atoms. The highest BCUT2D eigenvalue weighted by molar-refractivity contribution is 9.10. The van der Waals surface area contributed by atoms with E-state index in [0.29, 0.717) is 24.8 Å². The van der Waals surface area contributed by atoms with Gasteiger partial charge in [0.15, 0.2) is 0 Å². The summed E-state index contributed by atoms with van der Waals surface area (Å²) in [6.45, 7) is 4.28. The van der Waals surface area contributed by atoms with E-state index in [-0.39, 0.29) is 6.16 Å². The van der Waals surface area contributed by atoms with Gasteiger partial charge in [0.1, 0.15) is 5.75 Å². The number of hydrogen-bond acceptors (Lipinski definition) is 5. The Morgan fingerprint density at radius 1 is 1.13 bits per heavy atom. The molecule has 2 aromatic rings. The first-order chi connectivity index (χ1) is 11.0. The maximum atomic E-state index is 12.6. The van der Waals surface area contributed by atoms with Crippen LogP contribution in [0.25, 0.3) is 0 Å². The fourth-order valence-corrected chi connectivity index (χ4v) is 4.02. The van der Waals surface area contributed by atoms with Gasteiger partial charge in [0.2, 0.25) is 5.88 Å². The molecule has 0 atom stereocenters. The Bertz CT molecular complexity index is 685. The molecule has 0 N–H and O–H groups in total. The summed E-state index contributed by atoms with van der Waals surface area (Å²) >= 11 is 3.37. The molecular weight excluding hydrogens is 381 g/mol. The average molecular weight is 400 g/mol.